The molecule has 2 nitrogen and oxygen atoms in total. The van der Waals surface area contributed by atoms with Gasteiger partial charge in [0.25, 0.3) is 0 Å². The summed E-state index contributed by atoms with van der Waals surface area (Å²) in [6, 6.07) is 8.45. The van der Waals surface area contributed by atoms with Crippen LogP contribution in [-0.2, 0) is 4.74 Å². The minimum atomic E-state index is 0.348. The molecule has 0 spiro atoms. The zero-order valence-corrected chi connectivity index (χ0v) is 8.33. The van der Waals surface area contributed by atoms with E-state index in [-0.39, 0.29) is 0 Å². The largest absolute Gasteiger partial charge is 0.368 e. The Morgan fingerprint density at radius 1 is 1.29 bits per heavy atom. The van der Waals surface area contributed by atoms with Gasteiger partial charge in [-0.25, -0.2) is 4.98 Å². The molecule has 2 heterocycles. The number of benzene rings is 1. The van der Waals surface area contributed by atoms with Crippen molar-refractivity contribution in [2.24, 2.45) is 0 Å². The second-order valence-corrected chi connectivity index (χ2v) is 4.18. The topological polar surface area (TPSA) is 25.4 Å². The first-order valence-corrected chi connectivity index (χ1v) is 5.43. The van der Waals surface area contributed by atoms with E-state index >= 15 is 0 Å². The van der Waals surface area contributed by atoms with Gasteiger partial charge >= 0.3 is 0 Å². The number of hydrogen-bond donors (Lipinski definition) is 0. The third-order valence-corrected chi connectivity index (χ3v) is 3.12. The van der Waals surface area contributed by atoms with Gasteiger partial charge in [-0.05, 0) is 5.56 Å². The fourth-order valence-electron chi connectivity index (χ4n) is 1.45. The van der Waals surface area contributed by atoms with Crippen molar-refractivity contribution >= 4 is 11.3 Å². The third kappa shape index (κ3) is 1.45. The fourth-order valence-corrected chi connectivity index (χ4v) is 2.09. The van der Waals surface area contributed by atoms with Crippen LogP contribution in [0.15, 0.2) is 35.8 Å². The number of ether oxygens (including phenoxy) is 1. The van der Waals surface area contributed by atoms with Gasteiger partial charge in [-0.15, -0.1) is 11.3 Å². The maximum Gasteiger partial charge on any atom is 0.123 e. The summed E-state index contributed by atoms with van der Waals surface area (Å²) in [5, 5.41) is 3.07. The molecular formula is C11H9NOS. The average Bonchev–Trinajstić information content (AvgIpc) is 2.94. The van der Waals surface area contributed by atoms with Gasteiger partial charge in [0.2, 0.25) is 0 Å². The summed E-state index contributed by atoms with van der Waals surface area (Å²) in [5.74, 6) is 0. The van der Waals surface area contributed by atoms with Gasteiger partial charge in [-0.2, -0.15) is 0 Å². The minimum Gasteiger partial charge on any atom is -0.368 e. The molecule has 1 fully saturated rings. The van der Waals surface area contributed by atoms with Crippen LogP contribution in [0.5, 0.6) is 0 Å². The van der Waals surface area contributed by atoms with Gasteiger partial charge in [0.15, 0.2) is 0 Å². The van der Waals surface area contributed by atoms with Gasteiger partial charge < -0.3 is 4.74 Å². The summed E-state index contributed by atoms with van der Waals surface area (Å²) < 4.78 is 5.21. The predicted octanol–water partition coefficient (Wildman–Crippen LogP) is 2.88. The normalized spacial score (nSPS) is 19.6. The van der Waals surface area contributed by atoms with Crippen molar-refractivity contribution in [3.63, 3.8) is 0 Å². The molecule has 1 aliphatic rings. The third-order valence-electron chi connectivity index (χ3n) is 2.30. The lowest BCUT2D eigenvalue weighted by atomic mass is 10.1. The van der Waals surface area contributed by atoms with E-state index in [1.54, 1.807) is 11.3 Å². The molecule has 3 heteroatoms. The molecule has 0 saturated carbocycles. The van der Waals surface area contributed by atoms with E-state index in [2.05, 4.69) is 29.2 Å². The van der Waals surface area contributed by atoms with Crippen molar-refractivity contribution in [2.75, 3.05) is 6.61 Å². The predicted molar refractivity (Wildman–Crippen MR) is 56.2 cm³/mol. The first-order valence-electron chi connectivity index (χ1n) is 4.55. The molecule has 3 rings (SSSR count). The summed E-state index contributed by atoms with van der Waals surface area (Å²) in [6.45, 7) is 0.872. The van der Waals surface area contributed by atoms with Crippen molar-refractivity contribution in [1.29, 1.82) is 0 Å². The summed E-state index contributed by atoms with van der Waals surface area (Å²) in [7, 11) is 0. The van der Waals surface area contributed by atoms with E-state index in [4.69, 9.17) is 4.74 Å². The van der Waals surface area contributed by atoms with E-state index < -0.39 is 0 Å². The summed E-state index contributed by atoms with van der Waals surface area (Å²) in [5.41, 5.74) is 2.45. The lowest BCUT2D eigenvalue weighted by Crippen LogP contribution is -1.80. The number of aromatic nitrogens is 1. The van der Waals surface area contributed by atoms with Crippen LogP contribution in [0.4, 0.5) is 0 Å². The lowest BCUT2D eigenvalue weighted by Gasteiger charge is -1.98. The van der Waals surface area contributed by atoms with Gasteiger partial charge in [0.1, 0.15) is 11.1 Å². The molecule has 0 aliphatic carbocycles. The Hall–Kier alpha value is -1.19. The lowest BCUT2D eigenvalue weighted by molar-refractivity contribution is 0.415. The molecule has 0 N–H and O–H groups in total. The molecular weight excluding hydrogens is 194 g/mol. The summed E-state index contributed by atoms with van der Waals surface area (Å²) >= 11 is 1.66. The number of thiazole rings is 1. The molecule has 70 valence electrons. The molecule has 1 aliphatic heterocycles. The number of hydrogen-bond acceptors (Lipinski definition) is 3. The van der Waals surface area contributed by atoms with Crippen molar-refractivity contribution in [1.82, 2.24) is 4.98 Å². The SMILES string of the molecule is c1csc(-c2ccc(C3CO3)cc2)n1. The van der Waals surface area contributed by atoms with Crippen LogP contribution < -0.4 is 0 Å². The van der Waals surface area contributed by atoms with E-state index in [0.717, 1.165) is 11.6 Å². The Bertz CT molecular complexity index is 417. The maximum atomic E-state index is 5.21. The summed E-state index contributed by atoms with van der Waals surface area (Å²) in [4.78, 5) is 4.26. The molecule has 0 radical (unpaired) electrons. The standard InChI is InChI=1S/C11H9NOS/c1-3-9(11-12-5-6-14-11)4-2-8(1)10-7-13-10/h1-6,10H,7H2. The first-order chi connectivity index (χ1) is 6.93. The zero-order chi connectivity index (χ0) is 9.38. The van der Waals surface area contributed by atoms with Crippen LogP contribution in [0, 0.1) is 0 Å². The number of epoxide rings is 1. The Morgan fingerprint density at radius 3 is 2.64 bits per heavy atom. The molecule has 0 amide bonds. The maximum absolute atomic E-state index is 5.21. The highest BCUT2D eigenvalue weighted by Gasteiger charge is 2.24. The van der Waals surface area contributed by atoms with Crippen LogP contribution in [0.2, 0.25) is 0 Å². The molecule has 0 bridgehead atoms. The highest BCUT2D eigenvalue weighted by Crippen LogP contribution is 2.31. The number of nitrogens with zero attached hydrogens (tertiary/aromatic N) is 1. The fraction of sp³-hybridized carbons (Fsp3) is 0.182. The Labute approximate surface area is 86.2 Å². The Kier molecular flexibility index (Phi) is 1.85. The quantitative estimate of drug-likeness (QED) is 0.701. The van der Waals surface area contributed by atoms with Gasteiger partial charge in [0.05, 0.1) is 6.61 Å². The van der Waals surface area contributed by atoms with Gasteiger partial charge in [-0.1, -0.05) is 24.3 Å². The van der Waals surface area contributed by atoms with E-state index in [1.807, 2.05) is 11.6 Å². The number of rotatable bonds is 2. The molecule has 1 saturated heterocycles. The molecule has 14 heavy (non-hydrogen) atoms. The van der Waals surface area contributed by atoms with Crippen LogP contribution in [0.3, 0.4) is 0 Å². The summed E-state index contributed by atoms with van der Waals surface area (Å²) in [6.07, 6.45) is 2.18. The van der Waals surface area contributed by atoms with Crippen molar-refractivity contribution in [2.45, 2.75) is 6.10 Å². The van der Waals surface area contributed by atoms with Gasteiger partial charge in [-0.3, -0.25) is 0 Å². The Morgan fingerprint density at radius 2 is 2.07 bits per heavy atom. The molecule has 1 aromatic heterocycles. The van der Waals surface area contributed by atoms with E-state index in [1.165, 1.54) is 11.1 Å². The smallest absolute Gasteiger partial charge is 0.123 e. The second-order valence-electron chi connectivity index (χ2n) is 3.28. The monoisotopic (exact) mass is 203 g/mol. The van der Waals surface area contributed by atoms with Crippen LogP contribution in [0.25, 0.3) is 10.6 Å². The molecule has 2 aromatic rings. The van der Waals surface area contributed by atoms with Crippen LogP contribution >= 0.6 is 11.3 Å². The van der Waals surface area contributed by atoms with Crippen molar-refractivity contribution in [3.8, 4) is 10.6 Å². The molecule has 1 unspecified atom stereocenters. The minimum absolute atomic E-state index is 0.348. The van der Waals surface area contributed by atoms with Crippen molar-refractivity contribution in [3.05, 3.63) is 41.4 Å². The highest BCUT2D eigenvalue weighted by molar-refractivity contribution is 7.13. The average molecular weight is 203 g/mol. The van der Waals surface area contributed by atoms with Crippen LogP contribution in [-0.4, -0.2) is 11.6 Å². The van der Waals surface area contributed by atoms with Crippen molar-refractivity contribution < 1.29 is 4.74 Å². The van der Waals surface area contributed by atoms with Crippen LogP contribution in [0.1, 0.15) is 11.7 Å². The van der Waals surface area contributed by atoms with Gasteiger partial charge in [0, 0.05) is 17.1 Å². The Balaban J connectivity index is 1.93. The van der Waals surface area contributed by atoms with E-state index in [0.29, 0.717) is 6.10 Å². The molecule has 1 aromatic carbocycles. The zero-order valence-electron chi connectivity index (χ0n) is 7.51. The van der Waals surface area contributed by atoms with E-state index in [9.17, 15) is 0 Å². The second kappa shape index (κ2) is 3.19. The molecule has 1 atom stereocenters. The highest BCUT2D eigenvalue weighted by atomic mass is 32.1. The first kappa shape index (κ1) is 8.15.